The first kappa shape index (κ1) is 25.6. The fourth-order valence-corrected chi connectivity index (χ4v) is 4.68. The van der Waals surface area contributed by atoms with E-state index in [1.165, 1.54) is 69.9 Å². The predicted octanol–water partition coefficient (Wildman–Crippen LogP) is 3.63. The molecule has 3 aromatic rings. The number of nitrogens with one attached hydrogen (secondary N) is 1. The number of rotatable bonds is 9. The van der Waals surface area contributed by atoms with Gasteiger partial charge in [0.2, 0.25) is 5.91 Å². The maximum Gasteiger partial charge on any atom is 0.337 e. The third-order valence-corrected chi connectivity index (χ3v) is 6.93. The Morgan fingerprint density at radius 2 is 1.49 bits per heavy atom. The fraction of sp³-hybridized carbons (Fsp3) is 0.200. The number of sulfonamides is 1. The number of hydrogen-bond donors (Lipinski definition) is 1. The van der Waals surface area contributed by atoms with Crippen LogP contribution in [0, 0.1) is 6.92 Å². The molecule has 0 aliphatic heterocycles. The van der Waals surface area contributed by atoms with Crippen LogP contribution in [0.25, 0.3) is 0 Å². The van der Waals surface area contributed by atoms with Gasteiger partial charge in [0.25, 0.3) is 10.0 Å². The molecule has 0 unspecified atom stereocenters. The van der Waals surface area contributed by atoms with Crippen molar-refractivity contribution in [2.45, 2.75) is 11.8 Å². The molecule has 0 heterocycles. The highest BCUT2D eigenvalue weighted by atomic mass is 32.2. The van der Waals surface area contributed by atoms with E-state index >= 15 is 0 Å². The molecule has 0 aliphatic carbocycles. The molecule has 0 bridgehead atoms. The maximum atomic E-state index is 13.6. The Bertz CT molecular complexity index is 1300. The van der Waals surface area contributed by atoms with E-state index in [1.807, 2.05) is 6.92 Å². The molecule has 0 spiro atoms. The van der Waals surface area contributed by atoms with Crippen molar-refractivity contribution in [1.82, 2.24) is 0 Å². The van der Waals surface area contributed by atoms with Crippen molar-refractivity contribution in [2.24, 2.45) is 0 Å². The number of anilines is 2. The average molecular weight is 499 g/mol. The zero-order chi connectivity index (χ0) is 25.6. The zero-order valence-corrected chi connectivity index (χ0v) is 20.6. The topological polar surface area (TPSA) is 111 Å². The SMILES string of the molecule is COC(=O)c1ccc(NC(=O)CN(c2ccc(OC)c(OC)c2)S(=O)(=O)c2ccc(C)cc2)cc1. The third-order valence-electron chi connectivity index (χ3n) is 5.14. The lowest BCUT2D eigenvalue weighted by atomic mass is 10.2. The third kappa shape index (κ3) is 5.90. The van der Waals surface area contributed by atoms with Gasteiger partial charge in [0, 0.05) is 11.8 Å². The molecule has 0 fully saturated rings. The van der Waals surface area contributed by atoms with Gasteiger partial charge in [0.05, 0.1) is 37.5 Å². The summed E-state index contributed by atoms with van der Waals surface area (Å²) in [5.74, 6) is -0.361. The molecule has 1 N–H and O–H groups in total. The Hall–Kier alpha value is -4.05. The van der Waals surface area contributed by atoms with Crippen LogP contribution in [-0.4, -0.2) is 48.2 Å². The van der Waals surface area contributed by atoms with E-state index in [0.29, 0.717) is 22.7 Å². The lowest BCUT2D eigenvalue weighted by Gasteiger charge is -2.25. The van der Waals surface area contributed by atoms with Crippen LogP contribution in [0.2, 0.25) is 0 Å². The van der Waals surface area contributed by atoms with Gasteiger partial charge in [-0.25, -0.2) is 13.2 Å². The van der Waals surface area contributed by atoms with Crippen molar-refractivity contribution in [2.75, 3.05) is 37.5 Å². The molecule has 0 radical (unpaired) electrons. The molecule has 1 amide bonds. The summed E-state index contributed by atoms with van der Waals surface area (Å²) < 4.78 is 43.3. The minimum atomic E-state index is -4.11. The van der Waals surface area contributed by atoms with Crippen LogP contribution in [0.5, 0.6) is 11.5 Å². The normalized spacial score (nSPS) is 10.9. The second-order valence-electron chi connectivity index (χ2n) is 7.48. The number of benzene rings is 3. The molecule has 0 aliphatic rings. The number of methoxy groups -OCH3 is 3. The van der Waals surface area contributed by atoms with Crippen molar-refractivity contribution in [3.05, 3.63) is 77.9 Å². The average Bonchev–Trinajstić information content (AvgIpc) is 2.87. The number of aryl methyl sites for hydroxylation is 1. The lowest BCUT2D eigenvalue weighted by molar-refractivity contribution is -0.114. The monoisotopic (exact) mass is 498 g/mol. The smallest absolute Gasteiger partial charge is 0.337 e. The molecule has 3 rings (SSSR count). The van der Waals surface area contributed by atoms with Gasteiger partial charge in [0.15, 0.2) is 11.5 Å². The quantitative estimate of drug-likeness (QED) is 0.449. The number of esters is 1. The number of carbonyl (C=O) groups excluding carboxylic acids is 2. The van der Waals surface area contributed by atoms with E-state index in [4.69, 9.17) is 9.47 Å². The number of amides is 1. The maximum absolute atomic E-state index is 13.6. The molecule has 0 atom stereocenters. The summed E-state index contributed by atoms with van der Waals surface area (Å²) in [6.07, 6.45) is 0. The molecule has 10 heteroatoms. The largest absolute Gasteiger partial charge is 0.493 e. The molecule has 35 heavy (non-hydrogen) atoms. The molecule has 0 aromatic heterocycles. The van der Waals surface area contributed by atoms with Crippen molar-refractivity contribution in [1.29, 1.82) is 0 Å². The van der Waals surface area contributed by atoms with Crippen LogP contribution in [0.4, 0.5) is 11.4 Å². The number of nitrogens with zero attached hydrogens (tertiary/aromatic N) is 1. The van der Waals surface area contributed by atoms with Gasteiger partial charge in [-0.05, 0) is 55.5 Å². The minimum Gasteiger partial charge on any atom is -0.493 e. The van der Waals surface area contributed by atoms with E-state index in [-0.39, 0.29) is 10.6 Å². The molecular formula is C25H26N2O7S. The van der Waals surface area contributed by atoms with Gasteiger partial charge in [0.1, 0.15) is 6.54 Å². The van der Waals surface area contributed by atoms with Crippen molar-refractivity contribution < 1.29 is 32.2 Å². The Balaban J connectivity index is 1.94. The number of hydrogen-bond acceptors (Lipinski definition) is 7. The summed E-state index contributed by atoms with van der Waals surface area (Å²) >= 11 is 0. The molecule has 184 valence electrons. The van der Waals surface area contributed by atoms with Gasteiger partial charge in [-0.1, -0.05) is 17.7 Å². The molecule has 3 aromatic carbocycles. The zero-order valence-electron chi connectivity index (χ0n) is 19.8. The molecule has 0 saturated carbocycles. The van der Waals surface area contributed by atoms with Gasteiger partial charge >= 0.3 is 5.97 Å². The van der Waals surface area contributed by atoms with Crippen molar-refractivity contribution >= 4 is 33.3 Å². The van der Waals surface area contributed by atoms with E-state index in [1.54, 1.807) is 18.2 Å². The van der Waals surface area contributed by atoms with Crippen molar-refractivity contribution in [3.63, 3.8) is 0 Å². The predicted molar refractivity (Wildman–Crippen MR) is 132 cm³/mol. The first-order valence-corrected chi connectivity index (χ1v) is 11.9. The Kier molecular flexibility index (Phi) is 7.98. The first-order valence-electron chi connectivity index (χ1n) is 10.5. The van der Waals surface area contributed by atoms with Gasteiger partial charge in [-0.15, -0.1) is 0 Å². The van der Waals surface area contributed by atoms with Crippen LogP contribution in [-0.2, 0) is 19.6 Å². The number of carbonyl (C=O) groups is 2. The molecule has 9 nitrogen and oxygen atoms in total. The summed E-state index contributed by atoms with van der Waals surface area (Å²) in [6, 6.07) is 17.0. The van der Waals surface area contributed by atoms with Gasteiger partial charge in [-0.2, -0.15) is 0 Å². The van der Waals surface area contributed by atoms with Crippen molar-refractivity contribution in [3.8, 4) is 11.5 Å². The standard InChI is InChI=1S/C25H26N2O7S/c1-17-5-12-21(13-6-17)35(30,31)27(20-11-14-22(32-2)23(15-20)33-3)16-24(28)26-19-9-7-18(8-10-19)25(29)34-4/h5-15H,16H2,1-4H3,(H,26,28). The Labute approximate surface area is 204 Å². The van der Waals surface area contributed by atoms with Crippen LogP contribution in [0.3, 0.4) is 0 Å². The van der Waals surface area contributed by atoms with E-state index in [2.05, 4.69) is 10.1 Å². The lowest BCUT2D eigenvalue weighted by Crippen LogP contribution is -2.38. The summed E-state index contributed by atoms with van der Waals surface area (Å²) in [4.78, 5) is 24.6. The molecule has 0 saturated heterocycles. The van der Waals surface area contributed by atoms with E-state index < -0.39 is 28.4 Å². The van der Waals surface area contributed by atoms with Crippen LogP contribution >= 0.6 is 0 Å². The van der Waals surface area contributed by atoms with Gasteiger partial charge in [-0.3, -0.25) is 9.10 Å². The van der Waals surface area contributed by atoms with Gasteiger partial charge < -0.3 is 19.5 Å². The van der Waals surface area contributed by atoms with Crippen LogP contribution in [0.15, 0.2) is 71.6 Å². The highest BCUT2D eigenvalue weighted by Gasteiger charge is 2.28. The molecular weight excluding hydrogens is 472 g/mol. The summed E-state index contributed by atoms with van der Waals surface area (Å²) in [7, 11) is 0.0690. The van der Waals surface area contributed by atoms with E-state index in [9.17, 15) is 18.0 Å². The van der Waals surface area contributed by atoms with Crippen LogP contribution in [0.1, 0.15) is 15.9 Å². The Morgan fingerprint density at radius 3 is 2.06 bits per heavy atom. The summed E-state index contributed by atoms with van der Waals surface area (Å²) in [5, 5.41) is 2.66. The summed E-state index contributed by atoms with van der Waals surface area (Å²) in [5.41, 5.74) is 1.83. The second kappa shape index (κ2) is 10.9. The fourth-order valence-electron chi connectivity index (χ4n) is 3.27. The summed E-state index contributed by atoms with van der Waals surface area (Å²) in [6.45, 7) is 1.34. The highest BCUT2D eigenvalue weighted by molar-refractivity contribution is 7.92. The number of ether oxygens (including phenoxy) is 3. The second-order valence-corrected chi connectivity index (χ2v) is 9.34. The van der Waals surface area contributed by atoms with Crippen LogP contribution < -0.4 is 19.1 Å². The Morgan fingerprint density at radius 1 is 0.857 bits per heavy atom. The highest BCUT2D eigenvalue weighted by Crippen LogP contribution is 2.33. The minimum absolute atomic E-state index is 0.0353. The first-order chi connectivity index (χ1) is 16.7. The van der Waals surface area contributed by atoms with E-state index in [0.717, 1.165) is 9.87 Å².